The first kappa shape index (κ1) is 16.6. The fourth-order valence-electron chi connectivity index (χ4n) is 2.87. The van der Waals surface area contributed by atoms with Crippen LogP contribution >= 0.6 is 15.9 Å². The van der Waals surface area contributed by atoms with Crippen LogP contribution in [0.1, 0.15) is 37.8 Å². The van der Waals surface area contributed by atoms with E-state index in [0.717, 1.165) is 6.54 Å². The number of anilines is 1. The van der Waals surface area contributed by atoms with E-state index in [0.29, 0.717) is 6.04 Å². The Morgan fingerprint density at radius 2 is 1.95 bits per heavy atom. The molecule has 0 spiro atoms. The van der Waals surface area contributed by atoms with E-state index in [9.17, 15) is 0 Å². The third-order valence-corrected chi connectivity index (χ3v) is 4.75. The number of nitrogens with zero attached hydrogens (tertiary/aromatic N) is 1. The zero-order valence-electron chi connectivity index (χ0n) is 13.7. The van der Waals surface area contributed by atoms with Crippen LogP contribution in [-0.4, -0.2) is 30.6 Å². The summed E-state index contributed by atoms with van der Waals surface area (Å²) in [6, 6.07) is 5.03. The third-order valence-electron chi connectivity index (χ3n) is 4.13. The minimum absolute atomic E-state index is 0.589. The van der Waals surface area contributed by atoms with Crippen LogP contribution in [0.2, 0.25) is 0 Å². The van der Waals surface area contributed by atoms with E-state index in [4.69, 9.17) is 0 Å². The van der Waals surface area contributed by atoms with E-state index in [1.54, 1.807) is 0 Å². The van der Waals surface area contributed by atoms with Crippen molar-refractivity contribution < 1.29 is 0 Å². The second kappa shape index (κ2) is 7.46. The zero-order chi connectivity index (χ0) is 15.4. The molecule has 0 aliphatic carbocycles. The largest absolute Gasteiger partial charge is 0.381 e. The van der Waals surface area contributed by atoms with Crippen LogP contribution in [0.4, 0.5) is 5.69 Å². The number of rotatable bonds is 4. The van der Waals surface area contributed by atoms with Gasteiger partial charge in [-0.15, -0.1) is 0 Å². The van der Waals surface area contributed by atoms with Gasteiger partial charge in [-0.2, -0.15) is 0 Å². The highest BCUT2D eigenvalue weighted by Gasteiger charge is 2.19. The van der Waals surface area contributed by atoms with E-state index in [2.05, 4.69) is 72.1 Å². The van der Waals surface area contributed by atoms with E-state index < -0.39 is 0 Å². The smallest absolute Gasteiger partial charge is 0.0516 e. The SMILES string of the molecule is CC(C)=CCN1CCC(Nc2c(C)cc(C)cc2Br)CC1. The normalized spacial score (nSPS) is 16.8. The molecular weight excluding hydrogens is 324 g/mol. The molecule has 21 heavy (non-hydrogen) atoms. The minimum atomic E-state index is 0.589. The lowest BCUT2D eigenvalue weighted by molar-refractivity contribution is 0.240. The van der Waals surface area contributed by atoms with Gasteiger partial charge in [0, 0.05) is 30.1 Å². The van der Waals surface area contributed by atoms with Gasteiger partial charge >= 0.3 is 0 Å². The molecule has 116 valence electrons. The quantitative estimate of drug-likeness (QED) is 0.776. The summed E-state index contributed by atoms with van der Waals surface area (Å²) in [7, 11) is 0. The summed E-state index contributed by atoms with van der Waals surface area (Å²) in [5.41, 5.74) is 5.31. The average Bonchev–Trinajstić information content (AvgIpc) is 2.41. The van der Waals surface area contributed by atoms with Crippen LogP contribution in [0.5, 0.6) is 0 Å². The fourth-order valence-corrected chi connectivity index (χ4v) is 3.66. The molecule has 1 fully saturated rings. The molecule has 1 heterocycles. The summed E-state index contributed by atoms with van der Waals surface area (Å²) < 4.78 is 1.19. The van der Waals surface area contributed by atoms with Crippen molar-refractivity contribution in [2.24, 2.45) is 0 Å². The molecule has 3 heteroatoms. The Hall–Kier alpha value is -0.800. The van der Waals surface area contributed by atoms with Crippen molar-refractivity contribution in [1.82, 2.24) is 4.90 Å². The van der Waals surface area contributed by atoms with Gasteiger partial charge in [-0.3, -0.25) is 4.90 Å². The van der Waals surface area contributed by atoms with Crippen LogP contribution in [-0.2, 0) is 0 Å². The molecule has 1 N–H and O–H groups in total. The van der Waals surface area contributed by atoms with Crippen molar-refractivity contribution in [2.75, 3.05) is 25.0 Å². The summed E-state index contributed by atoms with van der Waals surface area (Å²) in [4.78, 5) is 2.54. The Morgan fingerprint density at radius 1 is 1.29 bits per heavy atom. The summed E-state index contributed by atoms with van der Waals surface area (Å²) in [6.45, 7) is 12.1. The van der Waals surface area contributed by atoms with Crippen molar-refractivity contribution in [1.29, 1.82) is 0 Å². The van der Waals surface area contributed by atoms with Crippen LogP contribution < -0.4 is 5.32 Å². The molecule has 1 aromatic rings. The number of aryl methyl sites for hydroxylation is 2. The lowest BCUT2D eigenvalue weighted by atomic mass is 10.0. The predicted octanol–water partition coefficient (Wildman–Crippen LogP) is 4.91. The van der Waals surface area contributed by atoms with Crippen molar-refractivity contribution in [3.63, 3.8) is 0 Å². The summed E-state index contributed by atoms with van der Waals surface area (Å²) in [5, 5.41) is 3.74. The number of hydrogen-bond donors (Lipinski definition) is 1. The number of allylic oxidation sites excluding steroid dienone is 1. The highest BCUT2D eigenvalue weighted by atomic mass is 79.9. The van der Waals surface area contributed by atoms with Gasteiger partial charge in [-0.25, -0.2) is 0 Å². The first-order valence-electron chi connectivity index (χ1n) is 7.84. The summed E-state index contributed by atoms with van der Waals surface area (Å²) in [5.74, 6) is 0. The monoisotopic (exact) mass is 350 g/mol. The van der Waals surface area contributed by atoms with Crippen LogP contribution in [0.25, 0.3) is 0 Å². The Balaban J connectivity index is 1.91. The van der Waals surface area contributed by atoms with E-state index in [-0.39, 0.29) is 0 Å². The highest BCUT2D eigenvalue weighted by molar-refractivity contribution is 9.10. The molecule has 1 saturated heterocycles. The molecule has 0 aromatic heterocycles. The van der Waals surface area contributed by atoms with Crippen LogP contribution in [0.3, 0.4) is 0 Å². The van der Waals surface area contributed by atoms with Crippen LogP contribution in [0, 0.1) is 13.8 Å². The Labute approximate surface area is 137 Å². The molecule has 2 nitrogen and oxygen atoms in total. The van der Waals surface area contributed by atoms with Crippen LogP contribution in [0.15, 0.2) is 28.3 Å². The van der Waals surface area contributed by atoms with Crippen molar-refractivity contribution in [2.45, 2.75) is 46.6 Å². The van der Waals surface area contributed by atoms with Gasteiger partial charge in [0.25, 0.3) is 0 Å². The maximum Gasteiger partial charge on any atom is 0.0516 e. The molecule has 0 saturated carbocycles. The predicted molar refractivity (Wildman–Crippen MR) is 96.1 cm³/mol. The lowest BCUT2D eigenvalue weighted by Crippen LogP contribution is -2.39. The van der Waals surface area contributed by atoms with Gasteiger partial charge in [-0.1, -0.05) is 17.7 Å². The second-order valence-electron chi connectivity index (χ2n) is 6.44. The average molecular weight is 351 g/mol. The Morgan fingerprint density at radius 3 is 2.52 bits per heavy atom. The molecule has 0 unspecified atom stereocenters. The van der Waals surface area contributed by atoms with E-state index in [1.807, 2.05) is 0 Å². The topological polar surface area (TPSA) is 15.3 Å². The fraction of sp³-hybridized carbons (Fsp3) is 0.556. The number of hydrogen-bond acceptors (Lipinski definition) is 2. The minimum Gasteiger partial charge on any atom is -0.381 e. The Bertz CT molecular complexity index is 487. The lowest BCUT2D eigenvalue weighted by Gasteiger charge is -2.33. The molecule has 1 aromatic carbocycles. The van der Waals surface area contributed by atoms with Gasteiger partial charge in [0.05, 0.1) is 5.69 Å². The van der Waals surface area contributed by atoms with Gasteiger partial charge in [0.2, 0.25) is 0 Å². The van der Waals surface area contributed by atoms with Gasteiger partial charge in [0.15, 0.2) is 0 Å². The zero-order valence-corrected chi connectivity index (χ0v) is 15.3. The van der Waals surface area contributed by atoms with Crippen molar-refractivity contribution in [3.8, 4) is 0 Å². The number of nitrogens with one attached hydrogen (secondary N) is 1. The van der Waals surface area contributed by atoms with E-state index in [1.165, 1.54) is 52.8 Å². The number of likely N-dealkylation sites (tertiary alicyclic amines) is 1. The van der Waals surface area contributed by atoms with Crippen molar-refractivity contribution in [3.05, 3.63) is 39.4 Å². The first-order valence-corrected chi connectivity index (χ1v) is 8.64. The van der Waals surface area contributed by atoms with Gasteiger partial charge in [-0.05, 0) is 73.7 Å². The molecule has 1 aliphatic heterocycles. The summed E-state index contributed by atoms with van der Waals surface area (Å²) in [6.07, 6.45) is 4.77. The highest BCUT2D eigenvalue weighted by Crippen LogP contribution is 2.29. The number of piperidine rings is 1. The van der Waals surface area contributed by atoms with Crippen molar-refractivity contribution >= 4 is 21.6 Å². The summed E-state index contributed by atoms with van der Waals surface area (Å²) >= 11 is 3.70. The molecular formula is C18H27BrN2. The molecule has 0 radical (unpaired) electrons. The maximum atomic E-state index is 3.74. The third kappa shape index (κ3) is 4.86. The van der Waals surface area contributed by atoms with E-state index >= 15 is 0 Å². The molecule has 2 rings (SSSR count). The molecule has 1 aliphatic rings. The first-order chi connectivity index (χ1) is 9.95. The molecule has 0 atom stereocenters. The Kier molecular flexibility index (Phi) is 5.88. The number of benzene rings is 1. The number of halogens is 1. The maximum absolute atomic E-state index is 3.74. The van der Waals surface area contributed by atoms with Gasteiger partial charge in [0.1, 0.15) is 0 Å². The van der Waals surface area contributed by atoms with Gasteiger partial charge < -0.3 is 5.32 Å². The molecule has 0 amide bonds. The molecule has 0 bridgehead atoms. The second-order valence-corrected chi connectivity index (χ2v) is 7.29. The standard InChI is InChI=1S/C18H27BrN2/c1-13(2)5-8-21-9-6-16(7-10-21)20-18-15(4)11-14(3)12-17(18)19/h5,11-12,16,20H,6-10H2,1-4H3.